The highest BCUT2D eigenvalue weighted by atomic mass is 32.2. The van der Waals surface area contributed by atoms with Crippen LogP contribution in [0, 0.1) is 17.8 Å². The molecule has 0 saturated carbocycles. The van der Waals surface area contributed by atoms with E-state index < -0.39 is 22.6 Å². The smallest absolute Gasteiger partial charge is 0.310 e. The third-order valence-electron chi connectivity index (χ3n) is 8.99. The first-order chi connectivity index (χ1) is 19.8. The molecule has 0 aromatic heterocycles. The number of hydrogen-bond donors (Lipinski definition) is 1. The number of anilines is 2. The van der Waals surface area contributed by atoms with E-state index in [1.54, 1.807) is 33.7 Å². The zero-order valence-corrected chi connectivity index (χ0v) is 25.5. The molecule has 3 fully saturated rings. The lowest BCUT2D eigenvalue weighted by Crippen LogP contribution is -2.57. The summed E-state index contributed by atoms with van der Waals surface area (Å²) in [6, 6.07) is 7.25. The minimum atomic E-state index is -0.725. The Morgan fingerprint density at radius 1 is 1.15 bits per heavy atom. The monoisotopic (exact) mass is 583 g/mol. The van der Waals surface area contributed by atoms with Crippen LogP contribution in [0.25, 0.3) is 0 Å². The Morgan fingerprint density at radius 2 is 1.83 bits per heavy atom. The average molecular weight is 584 g/mol. The van der Waals surface area contributed by atoms with Gasteiger partial charge in [-0.3, -0.25) is 14.4 Å². The molecule has 4 rings (SSSR count). The maximum absolute atomic E-state index is 14.7. The molecular formula is C32H45N3O5S. The molecule has 1 spiro atoms. The highest BCUT2D eigenvalue weighted by Crippen LogP contribution is 2.68. The van der Waals surface area contributed by atoms with Gasteiger partial charge in [0.15, 0.2) is 0 Å². The molecule has 2 amide bonds. The van der Waals surface area contributed by atoms with Gasteiger partial charge in [-0.15, -0.1) is 24.9 Å². The third kappa shape index (κ3) is 5.55. The van der Waals surface area contributed by atoms with Crippen molar-refractivity contribution in [1.29, 1.82) is 0 Å². The number of carbonyl (C=O) groups excluding carboxylic acids is 3. The maximum atomic E-state index is 14.7. The van der Waals surface area contributed by atoms with Gasteiger partial charge in [0.05, 0.1) is 23.2 Å². The summed E-state index contributed by atoms with van der Waals surface area (Å²) in [5, 5.41) is 9.38. The van der Waals surface area contributed by atoms with Crippen molar-refractivity contribution in [1.82, 2.24) is 4.90 Å². The Bertz CT molecular complexity index is 1120. The lowest BCUT2D eigenvalue weighted by Gasteiger charge is -2.40. The van der Waals surface area contributed by atoms with Crippen molar-refractivity contribution in [3.05, 3.63) is 49.6 Å². The number of unbranched alkanes of at least 4 members (excludes halogenated alkanes) is 1. The van der Waals surface area contributed by atoms with Crippen LogP contribution in [0.3, 0.4) is 0 Å². The number of fused-ring (bicyclic) bond motifs is 1. The van der Waals surface area contributed by atoms with Gasteiger partial charge < -0.3 is 24.5 Å². The second-order valence-corrected chi connectivity index (χ2v) is 12.7. The number of aliphatic hydroxyl groups is 1. The van der Waals surface area contributed by atoms with Gasteiger partial charge in [0.25, 0.3) is 5.91 Å². The summed E-state index contributed by atoms with van der Waals surface area (Å²) in [4.78, 5) is 47.9. The van der Waals surface area contributed by atoms with Gasteiger partial charge in [-0.1, -0.05) is 19.1 Å². The number of likely N-dealkylation sites (tertiary alicyclic amines) is 1. The number of amides is 2. The second kappa shape index (κ2) is 13.5. The van der Waals surface area contributed by atoms with Crippen molar-refractivity contribution in [3.63, 3.8) is 0 Å². The van der Waals surface area contributed by atoms with Crippen molar-refractivity contribution < 1.29 is 24.2 Å². The number of carbonyl (C=O) groups is 3. The quantitative estimate of drug-likeness (QED) is 0.187. The number of nitrogens with zero attached hydrogens (tertiary/aromatic N) is 3. The lowest BCUT2D eigenvalue weighted by molar-refractivity contribution is -0.154. The first kappa shape index (κ1) is 31.2. The van der Waals surface area contributed by atoms with Gasteiger partial charge >= 0.3 is 5.97 Å². The fourth-order valence-electron chi connectivity index (χ4n) is 7.07. The van der Waals surface area contributed by atoms with E-state index in [1.165, 1.54) is 0 Å². The molecule has 3 saturated heterocycles. The van der Waals surface area contributed by atoms with Crippen molar-refractivity contribution in [2.24, 2.45) is 17.8 Å². The normalized spacial score (nSPS) is 28.0. The van der Waals surface area contributed by atoms with Crippen LogP contribution in [0.2, 0.25) is 0 Å². The zero-order valence-electron chi connectivity index (χ0n) is 24.7. The number of rotatable bonds is 15. The van der Waals surface area contributed by atoms with E-state index in [9.17, 15) is 19.5 Å². The summed E-state index contributed by atoms with van der Waals surface area (Å²) in [7, 11) is 0. The van der Waals surface area contributed by atoms with Crippen molar-refractivity contribution in [2.75, 3.05) is 49.2 Å². The minimum Gasteiger partial charge on any atom is -0.465 e. The van der Waals surface area contributed by atoms with E-state index in [-0.39, 0.29) is 42.2 Å². The average Bonchev–Trinajstić information content (AvgIpc) is 3.56. The molecule has 6 atom stereocenters. The van der Waals surface area contributed by atoms with Gasteiger partial charge in [0, 0.05) is 49.4 Å². The molecule has 2 bridgehead atoms. The van der Waals surface area contributed by atoms with Crippen molar-refractivity contribution >= 4 is 40.9 Å². The molecule has 3 unspecified atom stereocenters. The molecule has 1 aromatic carbocycles. The van der Waals surface area contributed by atoms with E-state index in [4.69, 9.17) is 4.74 Å². The van der Waals surface area contributed by atoms with Crippen LogP contribution in [0.1, 0.15) is 46.5 Å². The van der Waals surface area contributed by atoms with E-state index in [0.29, 0.717) is 32.4 Å². The Morgan fingerprint density at radius 3 is 2.44 bits per heavy atom. The fraction of sp³-hybridized carbons (Fsp3) is 0.594. The molecule has 3 heterocycles. The molecule has 3 aliphatic heterocycles. The Labute approximate surface area is 248 Å². The van der Waals surface area contributed by atoms with Crippen molar-refractivity contribution in [3.8, 4) is 0 Å². The number of esters is 1. The Kier molecular flexibility index (Phi) is 10.2. The van der Waals surface area contributed by atoms with Gasteiger partial charge in [-0.05, 0) is 69.7 Å². The largest absolute Gasteiger partial charge is 0.465 e. The summed E-state index contributed by atoms with van der Waals surface area (Å²) in [5.41, 5.74) is 1.83. The van der Waals surface area contributed by atoms with E-state index >= 15 is 0 Å². The van der Waals surface area contributed by atoms with Gasteiger partial charge in [-0.2, -0.15) is 0 Å². The molecule has 9 heteroatoms. The van der Waals surface area contributed by atoms with Crippen LogP contribution in [-0.2, 0) is 19.1 Å². The highest BCUT2D eigenvalue weighted by Gasteiger charge is 2.76. The summed E-state index contributed by atoms with van der Waals surface area (Å²) in [6.45, 7) is 16.6. The van der Waals surface area contributed by atoms with Crippen LogP contribution < -0.4 is 9.80 Å². The standard InChI is InChI=1S/C32H45N3O5S/c1-6-10-20-40-31(39)26-25-21-22(5)32(41-25)27(26)29(37)35(18-11-12-19-36)28(32)30(38)34(17-7-2)24-15-13-23(14-16-24)33(8-3)9-4/h6-7,13-16,22,25-28,36H,1-2,8-12,17-21H2,3-5H3/t22?,25-,26+,27+,28?,32?/m1/s1. The fourth-order valence-corrected chi connectivity index (χ4v) is 9.48. The Hall–Kier alpha value is -2.78. The number of benzene rings is 1. The minimum absolute atomic E-state index is 0.0160. The van der Waals surface area contributed by atoms with Crippen LogP contribution in [0.15, 0.2) is 49.6 Å². The topological polar surface area (TPSA) is 90.4 Å². The van der Waals surface area contributed by atoms with E-state index in [0.717, 1.165) is 30.9 Å². The zero-order chi connectivity index (χ0) is 29.7. The number of hydrogen-bond acceptors (Lipinski definition) is 7. The van der Waals surface area contributed by atoms with Gasteiger partial charge in [-0.25, -0.2) is 0 Å². The summed E-state index contributed by atoms with van der Waals surface area (Å²) >= 11 is 1.65. The molecule has 1 N–H and O–H groups in total. The van der Waals surface area contributed by atoms with E-state index in [2.05, 4.69) is 38.8 Å². The SMILES string of the molecule is C=CCCOC(=O)[C@@H]1[C@H]2C(=O)N(CCCCO)C(C(=O)N(CC=C)c3ccc(N(CC)CC)cc3)C23S[C@@H]1CC3C. The van der Waals surface area contributed by atoms with Crippen LogP contribution in [-0.4, -0.2) is 83.2 Å². The van der Waals surface area contributed by atoms with Crippen molar-refractivity contribution in [2.45, 2.75) is 62.5 Å². The van der Waals surface area contributed by atoms with Crippen LogP contribution in [0.5, 0.6) is 0 Å². The third-order valence-corrected chi connectivity index (χ3v) is 11.1. The number of thioether (sulfide) groups is 1. The predicted molar refractivity (Wildman–Crippen MR) is 165 cm³/mol. The molecule has 0 aliphatic carbocycles. The van der Waals surface area contributed by atoms with Gasteiger partial charge in [0.1, 0.15) is 6.04 Å². The summed E-state index contributed by atoms with van der Waals surface area (Å²) < 4.78 is 4.88. The first-order valence-electron chi connectivity index (χ1n) is 14.9. The highest BCUT2D eigenvalue weighted by molar-refractivity contribution is 8.02. The van der Waals surface area contributed by atoms with Gasteiger partial charge in [0.2, 0.25) is 5.91 Å². The number of aliphatic hydroxyl groups excluding tert-OH is 1. The molecule has 8 nitrogen and oxygen atoms in total. The summed E-state index contributed by atoms with van der Waals surface area (Å²) in [5.74, 6) is -1.78. The van der Waals surface area contributed by atoms with Crippen LogP contribution in [0.4, 0.5) is 11.4 Å². The predicted octanol–water partition coefficient (Wildman–Crippen LogP) is 4.28. The molecule has 1 aromatic rings. The number of ether oxygens (including phenoxy) is 1. The van der Waals surface area contributed by atoms with E-state index in [1.807, 2.05) is 24.3 Å². The second-order valence-electron chi connectivity index (χ2n) is 11.2. The Balaban J connectivity index is 1.72. The molecule has 3 aliphatic rings. The molecule has 41 heavy (non-hydrogen) atoms. The first-order valence-corrected chi connectivity index (χ1v) is 15.8. The lowest BCUT2D eigenvalue weighted by atomic mass is 9.66. The summed E-state index contributed by atoms with van der Waals surface area (Å²) in [6.07, 6.45) is 5.82. The maximum Gasteiger partial charge on any atom is 0.310 e. The molecule has 224 valence electrons. The molecular weight excluding hydrogens is 538 g/mol. The molecule has 0 radical (unpaired) electrons. The van der Waals surface area contributed by atoms with Crippen LogP contribution >= 0.6 is 11.8 Å².